The number of phenolic OH excluding ortho intramolecular Hbond substituents is 1. The van der Waals surface area contributed by atoms with Crippen LogP contribution in [-0.2, 0) is 20.0 Å². The van der Waals surface area contributed by atoms with E-state index in [1.54, 1.807) is 25.2 Å². The summed E-state index contributed by atoms with van der Waals surface area (Å²) in [5.74, 6) is 0.198. The molecule has 8 heteroatoms. The summed E-state index contributed by atoms with van der Waals surface area (Å²) in [6, 6.07) is 6.91. The molecule has 120 valence electrons. The lowest BCUT2D eigenvalue weighted by atomic mass is 10.1. The third-order valence-corrected chi connectivity index (χ3v) is 3.89. The molecule has 0 unspecified atom stereocenters. The number of aromatic nitrogens is 4. The number of benzene rings is 1. The van der Waals surface area contributed by atoms with E-state index in [2.05, 4.69) is 9.97 Å². The van der Waals surface area contributed by atoms with Crippen molar-refractivity contribution in [1.82, 2.24) is 19.1 Å². The highest BCUT2D eigenvalue weighted by Gasteiger charge is 2.14. The van der Waals surface area contributed by atoms with Crippen molar-refractivity contribution in [1.29, 1.82) is 0 Å². The van der Waals surface area contributed by atoms with E-state index in [0.717, 1.165) is 5.56 Å². The van der Waals surface area contributed by atoms with Gasteiger partial charge in [-0.25, -0.2) is 4.79 Å². The first-order valence-corrected chi connectivity index (χ1v) is 7.48. The zero-order valence-electron chi connectivity index (χ0n) is 12.4. The fraction of sp³-hybridized carbons (Fsp3) is 0.267. The summed E-state index contributed by atoms with van der Waals surface area (Å²) >= 11 is 5.78. The summed E-state index contributed by atoms with van der Waals surface area (Å²) < 4.78 is 2.47. The molecule has 23 heavy (non-hydrogen) atoms. The molecule has 0 fully saturated rings. The Balaban J connectivity index is 1.88. The van der Waals surface area contributed by atoms with Crippen molar-refractivity contribution in [3.63, 3.8) is 0 Å². The van der Waals surface area contributed by atoms with Crippen molar-refractivity contribution < 1.29 is 5.11 Å². The van der Waals surface area contributed by atoms with Gasteiger partial charge >= 0.3 is 5.69 Å². The van der Waals surface area contributed by atoms with Crippen LogP contribution in [0.5, 0.6) is 5.75 Å². The quantitative estimate of drug-likeness (QED) is 0.706. The van der Waals surface area contributed by atoms with Gasteiger partial charge < -0.3 is 10.1 Å². The van der Waals surface area contributed by atoms with E-state index in [1.165, 1.54) is 9.13 Å². The zero-order valence-corrected chi connectivity index (χ0v) is 13.2. The van der Waals surface area contributed by atoms with Crippen LogP contribution in [0, 0.1) is 0 Å². The van der Waals surface area contributed by atoms with Crippen molar-refractivity contribution in [2.45, 2.75) is 19.4 Å². The third kappa shape index (κ3) is 2.87. The van der Waals surface area contributed by atoms with Gasteiger partial charge in [0.15, 0.2) is 11.2 Å². The van der Waals surface area contributed by atoms with Crippen LogP contribution in [0.3, 0.4) is 0 Å². The fourth-order valence-electron chi connectivity index (χ4n) is 2.57. The number of imidazole rings is 1. The first-order chi connectivity index (χ1) is 11.0. The minimum Gasteiger partial charge on any atom is -0.508 e. The molecule has 2 heterocycles. The topological polar surface area (TPSA) is 92.9 Å². The van der Waals surface area contributed by atoms with E-state index < -0.39 is 11.2 Å². The maximum atomic E-state index is 12.4. The van der Waals surface area contributed by atoms with Crippen LogP contribution in [0.25, 0.3) is 11.2 Å². The summed E-state index contributed by atoms with van der Waals surface area (Å²) in [5, 5.41) is 9.52. The van der Waals surface area contributed by atoms with E-state index in [0.29, 0.717) is 12.8 Å². The van der Waals surface area contributed by atoms with E-state index in [4.69, 9.17) is 11.6 Å². The van der Waals surface area contributed by atoms with Crippen molar-refractivity contribution >= 4 is 22.8 Å². The van der Waals surface area contributed by atoms with E-state index in [-0.39, 0.29) is 28.7 Å². The van der Waals surface area contributed by atoms with Crippen LogP contribution in [0.2, 0.25) is 5.28 Å². The standard InChI is InChI=1S/C15H15ClN4O3/c1-19-12-11(17-14(16)18-12)13(22)20(15(19)23)7-3-5-9-4-2-6-10(21)8-9/h2,4,6,8,21H,3,5,7H2,1H3,(H,17,18). The Morgan fingerprint density at radius 3 is 2.87 bits per heavy atom. The molecule has 0 aliphatic rings. The molecule has 0 aliphatic heterocycles. The second-order valence-corrected chi connectivity index (χ2v) is 5.66. The van der Waals surface area contributed by atoms with Gasteiger partial charge in [-0.2, -0.15) is 4.98 Å². The largest absolute Gasteiger partial charge is 0.508 e. The second-order valence-electron chi connectivity index (χ2n) is 5.30. The lowest BCUT2D eigenvalue weighted by Crippen LogP contribution is -2.39. The molecule has 0 spiro atoms. The molecule has 0 saturated carbocycles. The SMILES string of the molecule is Cn1c(=O)n(CCCc2cccc(O)c2)c(=O)c2[nH]c(Cl)nc21. The maximum Gasteiger partial charge on any atom is 0.332 e. The van der Waals surface area contributed by atoms with Crippen LogP contribution >= 0.6 is 11.6 Å². The van der Waals surface area contributed by atoms with Crippen molar-refractivity contribution in [2.75, 3.05) is 0 Å². The maximum absolute atomic E-state index is 12.4. The van der Waals surface area contributed by atoms with Gasteiger partial charge in [0.2, 0.25) is 5.28 Å². The highest BCUT2D eigenvalue weighted by Crippen LogP contribution is 2.13. The smallest absolute Gasteiger partial charge is 0.332 e. The van der Waals surface area contributed by atoms with Gasteiger partial charge in [0.1, 0.15) is 5.75 Å². The number of phenols is 1. The molecule has 0 aliphatic carbocycles. The van der Waals surface area contributed by atoms with E-state index in [1.807, 2.05) is 6.07 Å². The summed E-state index contributed by atoms with van der Waals surface area (Å²) in [6.45, 7) is 0.272. The number of hydrogen-bond acceptors (Lipinski definition) is 4. The van der Waals surface area contributed by atoms with Gasteiger partial charge in [-0.3, -0.25) is 13.9 Å². The number of H-pyrrole nitrogens is 1. The van der Waals surface area contributed by atoms with Gasteiger partial charge in [0.05, 0.1) is 0 Å². The molecule has 7 nitrogen and oxygen atoms in total. The third-order valence-electron chi connectivity index (χ3n) is 3.71. The van der Waals surface area contributed by atoms with Crippen LogP contribution < -0.4 is 11.2 Å². The lowest BCUT2D eigenvalue weighted by Gasteiger charge is -2.08. The van der Waals surface area contributed by atoms with Gasteiger partial charge in [-0.1, -0.05) is 12.1 Å². The molecule has 1 aromatic carbocycles. The molecule has 3 rings (SSSR count). The number of nitrogens with zero attached hydrogens (tertiary/aromatic N) is 3. The molecule has 3 aromatic rings. The molecular formula is C15H15ClN4O3. The highest BCUT2D eigenvalue weighted by atomic mass is 35.5. The predicted molar refractivity (Wildman–Crippen MR) is 87.0 cm³/mol. The summed E-state index contributed by atoms with van der Waals surface area (Å²) in [4.78, 5) is 31.3. The average molecular weight is 335 g/mol. The molecule has 2 aromatic heterocycles. The number of aryl methyl sites for hydroxylation is 2. The number of rotatable bonds is 4. The number of fused-ring (bicyclic) bond motifs is 1. The van der Waals surface area contributed by atoms with Gasteiger partial charge in [-0.15, -0.1) is 0 Å². The van der Waals surface area contributed by atoms with Crippen LogP contribution in [0.1, 0.15) is 12.0 Å². The van der Waals surface area contributed by atoms with Gasteiger partial charge in [0, 0.05) is 13.6 Å². The Bertz CT molecular complexity index is 987. The Hall–Kier alpha value is -2.54. The first kappa shape index (κ1) is 15.4. The number of aromatic hydroxyl groups is 1. The predicted octanol–water partition coefficient (Wildman–Crippen LogP) is 1.42. The van der Waals surface area contributed by atoms with E-state index >= 15 is 0 Å². The summed E-state index contributed by atoms with van der Waals surface area (Å²) in [7, 11) is 1.55. The molecule has 0 saturated heterocycles. The normalized spacial score (nSPS) is 11.2. The Kier molecular flexibility index (Phi) is 3.96. The van der Waals surface area contributed by atoms with Crippen LogP contribution in [0.4, 0.5) is 0 Å². The Labute approximate surface area is 135 Å². The molecule has 0 radical (unpaired) electrons. The second kappa shape index (κ2) is 5.92. The minimum absolute atomic E-state index is 0.0737. The molecular weight excluding hydrogens is 320 g/mol. The molecule has 2 N–H and O–H groups in total. The zero-order chi connectivity index (χ0) is 16.6. The first-order valence-electron chi connectivity index (χ1n) is 7.10. The number of hydrogen-bond donors (Lipinski definition) is 2. The van der Waals surface area contributed by atoms with E-state index in [9.17, 15) is 14.7 Å². The Morgan fingerprint density at radius 2 is 2.13 bits per heavy atom. The number of halogens is 1. The summed E-state index contributed by atoms with van der Waals surface area (Å²) in [5.41, 5.74) is 0.546. The monoisotopic (exact) mass is 334 g/mol. The highest BCUT2D eigenvalue weighted by molar-refractivity contribution is 6.28. The number of aromatic amines is 1. The summed E-state index contributed by atoms with van der Waals surface area (Å²) in [6.07, 6.45) is 1.23. The van der Waals surface area contributed by atoms with Crippen LogP contribution in [0.15, 0.2) is 33.9 Å². The van der Waals surface area contributed by atoms with Gasteiger partial charge in [0.25, 0.3) is 5.56 Å². The van der Waals surface area contributed by atoms with Crippen molar-refractivity contribution in [3.8, 4) is 5.75 Å². The average Bonchev–Trinajstić information content (AvgIpc) is 2.91. The van der Waals surface area contributed by atoms with Crippen molar-refractivity contribution in [2.24, 2.45) is 7.05 Å². The number of nitrogens with one attached hydrogen (secondary N) is 1. The van der Waals surface area contributed by atoms with Gasteiger partial charge in [-0.05, 0) is 42.1 Å². The molecule has 0 amide bonds. The lowest BCUT2D eigenvalue weighted by molar-refractivity contribution is 0.474. The molecule has 0 bridgehead atoms. The van der Waals surface area contributed by atoms with Crippen molar-refractivity contribution in [3.05, 3.63) is 56.0 Å². The minimum atomic E-state index is -0.432. The van der Waals surface area contributed by atoms with Crippen LogP contribution in [-0.4, -0.2) is 24.2 Å². The Morgan fingerprint density at radius 1 is 1.35 bits per heavy atom. The molecule has 0 atom stereocenters. The fourth-order valence-corrected chi connectivity index (χ4v) is 2.75.